The molecule has 6 heteroatoms. The number of nitriles is 1. The molecular weight excluding hydrogens is 292 g/mol. The van der Waals surface area contributed by atoms with Gasteiger partial charge in [-0.25, -0.2) is 4.98 Å². The summed E-state index contributed by atoms with van der Waals surface area (Å²) in [7, 11) is 0. The van der Waals surface area contributed by atoms with Crippen LogP contribution in [0.4, 0.5) is 5.82 Å². The van der Waals surface area contributed by atoms with Crippen molar-refractivity contribution in [3.8, 4) is 6.07 Å². The van der Waals surface area contributed by atoms with E-state index in [0.717, 1.165) is 56.0 Å². The van der Waals surface area contributed by atoms with Gasteiger partial charge in [0, 0.05) is 19.5 Å². The summed E-state index contributed by atoms with van der Waals surface area (Å²) in [6.45, 7) is 5.81. The molecule has 0 atom stereocenters. The number of piperidine rings is 1. The first kappa shape index (κ1) is 17.2. The Hall–Kier alpha value is -2.16. The summed E-state index contributed by atoms with van der Waals surface area (Å²) >= 11 is 0. The third-order valence-electron chi connectivity index (χ3n) is 4.18. The number of nitrogens with zero attached hydrogens (tertiary/aromatic N) is 4. The molecule has 2 heterocycles. The molecule has 0 aliphatic carbocycles. The standard InChI is InChI=1S/C17H24N4O2/c1-3-23-17(22)14-7-10-21(11-8-14)16-12-19-13(2)15(20-16)6-4-5-9-18/h12,14H,3-8,10-11H2,1-2H3. The number of aryl methyl sites for hydroxylation is 2. The highest BCUT2D eigenvalue weighted by atomic mass is 16.5. The van der Waals surface area contributed by atoms with E-state index in [9.17, 15) is 4.79 Å². The number of carbonyl (C=O) groups excluding carboxylic acids is 1. The number of ether oxygens (including phenoxy) is 1. The molecule has 1 aromatic rings. The Kier molecular flexibility index (Phi) is 6.33. The lowest BCUT2D eigenvalue weighted by Gasteiger charge is -2.31. The molecule has 0 radical (unpaired) electrons. The van der Waals surface area contributed by atoms with Crippen molar-refractivity contribution >= 4 is 11.8 Å². The molecule has 1 aliphatic heterocycles. The van der Waals surface area contributed by atoms with Gasteiger partial charge in [-0.05, 0) is 39.5 Å². The average Bonchev–Trinajstić information content (AvgIpc) is 2.57. The Bertz CT molecular complexity index is 574. The quantitative estimate of drug-likeness (QED) is 0.592. The Morgan fingerprint density at radius 2 is 2.22 bits per heavy atom. The summed E-state index contributed by atoms with van der Waals surface area (Å²) in [5, 5.41) is 8.65. The molecule has 1 fully saturated rings. The van der Waals surface area contributed by atoms with Crippen LogP contribution in [0.15, 0.2) is 6.20 Å². The summed E-state index contributed by atoms with van der Waals surface area (Å²) in [5.41, 5.74) is 1.89. The molecule has 0 bridgehead atoms. The summed E-state index contributed by atoms with van der Waals surface area (Å²) in [5.74, 6) is 0.781. The van der Waals surface area contributed by atoms with Gasteiger partial charge in [0.15, 0.2) is 0 Å². The summed E-state index contributed by atoms with van der Waals surface area (Å²) in [6, 6.07) is 2.16. The summed E-state index contributed by atoms with van der Waals surface area (Å²) < 4.78 is 5.10. The number of esters is 1. The van der Waals surface area contributed by atoms with E-state index in [2.05, 4.69) is 16.0 Å². The second kappa shape index (κ2) is 8.47. The van der Waals surface area contributed by atoms with Crippen molar-refractivity contribution in [2.24, 2.45) is 5.92 Å². The molecule has 1 aromatic heterocycles. The number of anilines is 1. The van der Waals surface area contributed by atoms with E-state index in [1.165, 1.54) is 0 Å². The second-order valence-electron chi connectivity index (χ2n) is 5.79. The molecule has 0 aromatic carbocycles. The normalized spacial score (nSPS) is 15.3. The van der Waals surface area contributed by atoms with Gasteiger partial charge in [0.1, 0.15) is 5.82 Å². The number of hydrogen-bond acceptors (Lipinski definition) is 6. The number of carbonyl (C=O) groups is 1. The van der Waals surface area contributed by atoms with Crippen LogP contribution in [0.1, 0.15) is 44.0 Å². The van der Waals surface area contributed by atoms with Crippen LogP contribution in [0.25, 0.3) is 0 Å². The van der Waals surface area contributed by atoms with Gasteiger partial charge in [0.2, 0.25) is 0 Å². The van der Waals surface area contributed by atoms with Crippen molar-refractivity contribution in [3.05, 3.63) is 17.6 Å². The Morgan fingerprint density at radius 1 is 1.48 bits per heavy atom. The van der Waals surface area contributed by atoms with Crippen molar-refractivity contribution in [1.82, 2.24) is 9.97 Å². The average molecular weight is 316 g/mol. The third kappa shape index (κ3) is 4.65. The molecule has 0 spiro atoms. The van der Waals surface area contributed by atoms with Gasteiger partial charge in [-0.3, -0.25) is 9.78 Å². The molecule has 0 N–H and O–H groups in total. The van der Waals surface area contributed by atoms with E-state index in [-0.39, 0.29) is 11.9 Å². The van der Waals surface area contributed by atoms with Gasteiger partial charge < -0.3 is 9.64 Å². The number of rotatable bonds is 6. The minimum Gasteiger partial charge on any atom is -0.466 e. The first-order chi connectivity index (χ1) is 11.2. The van der Waals surface area contributed by atoms with E-state index >= 15 is 0 Å². The largest absolute Gasteiger partial charge is 0.466 e. The predicted octanol–water partition coefficient (Wildman–Crippen LogP) is 2.41. The van der Waals surface area contributed by atoms with Crippen LogP contribution in [0.2, 0.25) is 0 Å². The van der Waals surface area contributed by atoms with Crippen LogP contribution in [0.5, 0.6) is 0 Å². The van der Waals surface area contributed by atoms with Crippen molar-refractivity contribution < 1.29 is 9.53 Å². The monoisotopic (exact) mass is 316 g/mol. The second-order valence-corrected chi connectivity index (χ2v) is 5.79. The van der Waals surface area contributed by atoms with Gasteiger partial charge in [-0.2, -0.15) is 5.26 Å². The van der Waals surface area contributed by atoms with Crippen LogP contribution in [0.3, 0.4) is 0 Å². The van der Waals surface area contributed by atoms with Crippen LogP contribution >= 0.6 is 0 Å². The van der Waals surface area contributed by atoms with Crippen molar-refractivity contribution in [2.45, 2.75) is 46.0 Å². The molecule has 124 valence electrons. The van der Waals surface area contributed by atoms with Crippen LogP contribution in [-0.2, 0) is 16.0 Å². The fourth-order valence-electron chi connectivity index (χ4n) is 2.81. The van der Waals surface area contributed by atoms with Gasteiger partial charge in [0.25, 0.3) is 0 Å². The Labute approximate surface area is 137 Å². The smallest absolute Gasteiger partial charge is 0.309 e. The van der Waals surface area contributed by atoms with Crippen molar-refractivity contribution in [1.29, 1.82) is 5.26 Å². The fraction of sp³-hybridized carbons (Fsp3) is 0.647. The van der Waals surface area contributed by atoms with E-state index < -0.39 is 0 Å². The van der Waals surface area contributed by atoms with E-state index in [1.807, 2.05) is 13.8 Å². The van der Waals surface area contributed by atoms with Crippen molar-refractivity contribution in [3.63, 3.8) is 0 Å². The van der Waals surface area contributed by atoms with E-state index in [0.29, 0.717) is 13.0 Å². The Morgan fingerprint density at radius 3 is 2.87 bits per heavy atom. The highest BCUT2D eigenvalue weighted by Crippen LogP contribution is 2.23. The molecular formula is C17H24N4O2. The molecule has 0 saturated carbocycles. The minimum atomic E-state index is -0.0840. The SMILES string of the molecule is CCOC(=O)C1CCN(c2cnc(C)c(CCCC#N)n2)CC1. The fourth-order valence-corrected chi connectivity index (χ4v) is 2.81. The molecule has 2 rings (SSSR count). The lowest BCUT2D eigenvalue weighted by atomic mass is 9.97. The molecule has 6 nitrogen and oxygen atoms in total. The van der Waals surface area contributed by atoms with Gasteiger partial charge in [-0.1, -0.05) is 0 Å². The predicted molar refractivity (Wildman–Crippen MR) is 86.9 cm³/mol. The van der Waals surface area contributed by atoms with Crippen LogP contribution < -0.4 is 4.90 Å². The number of aromatic nitrogens is 2. The molecule has 23 heavy (non-hydrogen) atoms. The zero-order valence-corrected chi connectivity index (χ0v) is 13.9. The lowest BCUT2D eigenvalue weighted by Crippen LogP contribution is -2.37. The maximum Gasteiger partial charge on any atom is 0.309 e. The summed E-state index contributed by atoms with van der Waals surface area (Å²) in [6.07, 6.45) is 5.50. The highest BCUT2D eigenvalue weighted by molar-refractivity contribution is 5.72. The molecule has 0 unspecified atom stereocenters. The van der Waals surface area contributed by atoms with Gasteiger partial charge in [-0.15, -0.1) is 0 Å². The topological polar surface area (TPSA) is 79.1 Å². The lowest BCUT2D eigenvalue weighted by molar-refractivity contribution is -0.148. The number of unbranched alkanes of at least 4 members (excludes halogenated alkanes) is 1. The van der Waals surface area contributed by atoms with Crippen LogP contribution in [-0.4, -0.2) is 35.6 Å². The minimum absolute atomic E-state index is 0.000272. The van der Waals surface area contributed by atoms with E-state index in [1.54, 1.807) is 6.20 Å². The first-order valence-corrected chi connectivity index (χ1v) is 8.26. The summed E-state index contributed by atoms with van der Waals surface area (Å²) in [4.78, 5) is 23.1. The Balaban J connectivity index is 1.96. The zero-order chi connectivity index (χ0) is 16.7. The zero-order valence-electron chi connectivity index (χ0n) is 13.9. The molecule has 0 amide bonds. The van der Waals surface area contributed by atoms with Gasteiger partial charge in [0.05, 0.1) is 36.2 Å². The maximum absolute atomic E-state index is 11.8. The first-order valence-electron chi connectivity index (χ1n) is 8.26. The van der Waals surface area contributed by atoms with Gasteiger partial charge >= 0.3 is 5.97 Å². The third-order valence-corrected chi connectivity index (χ3v) is 4.18. The van der Waals surface area contributed by atoms with E-state index in [4.69, 9.17) is 15.0 Å². The number of hydrogen-bond donors (Lipinski definition) is 0. The van der Waals surface area contributed by atoms with Crippen LogP contribution in [0, 0.1) is 24.2 Å². The molecule has 1 aliphatic rings. The van der Waals surface area contributed by atoms with Crippen molar-refractivity contribution in [2.75, 3.05) is 24.6 Å². The molecule has 1 saturated heterocycles. The maximum atomic E-state index is 11.8. The highest BCUT2D eigenvalue weighted by Gasteiger charge is 2.26.